The fourth-order valence-electron chi connectivity index (χ4n) is 1.74. The molecule has 0 atom stereocenters. The fourth-order valence-corrected chi connectivity index (χ4v) is 1.74. The molecule has 1 aromatic heterocycles. The van der Waals surface area contributed by atoms with E-state index in [0.717, 1.165) is 0 Å². The van der Waals surface area contributed by atoms with E-state index in [-0.39, 0.29) is 11.2 Å². The summed E-state index contributed by atoms with van der Waals surface area (Å²) >= 11 is 0. The Labute approximate surface area is 102 Å². The van der Waals surface area contributed by atoms with Crippen molar-refractivity contribution in [1.29, 1.82) is 0 Å². The second kappa shape index (κ2) is 4.24. The van der Waals surface area contributed by atoms with Crippen LogP contribution in [0.25, 0.3) is 0 Å². The van der Waals surface area contributed by atoms with Crippen molar-refractivity contribution in [2.75, 3.05) is 0 Å². The molecule has 1 heterocycles. The SMILES string of the molecule is CC(C)(C)c1ccc(Cn2cc(O)cn2)cc1. The van der Waals surface area contributed by atoms with Gasteiger partial charge in [-0.1, -0.05) is 45.0 Å². The standard InChI is InChI=1S/C14H18N2O/c1-14(2,3)12-6-4-11(5-7-12)9-16-10-13(17)8-15-16/h4-8,10,17H,9H2,1-3H3. The number of nitrogens with zero attached hydrogens (tertiary/aromatic N) is 2. The highest BCUT2D eigenvalue weighted by Crippen LogP contribution is 2.22. The van der Waals surface area contributed by atoms with E-state index in [1.54, 1.807) is 10.9 Å². The normalized spacial score (nSPS) is 11.7. The summed E-state index contributed by atoms with van der Waals surface area (Å²) in [7, 11) is 0. The van der Waals surface area contributed by atoms with Gasteiger partial charge in [-0.05, 0) is 16.5 Å². The van der Waals surface area contributed by atoms with Gasteiger partial charge in [0.1, 0.15) is 0 Å². The van der Waals surface area contributed by atoms with Crippen LogP contribution in [0.3, 0.4) is 0 Å². The molecule has 0 aliphatic carbocycles. The van der Waals surface area contributed by atoms with Gasteiger partial charge in [-0.3, -0.25) is 4.68 Å². The molecule has 0 aliphatic rings. The maximum atomic E-state index is 9.20. The Bertz CT molecular complexity index is 492. The first-order chi connectivity index (χ1) is 7.95. The monoisotopic (exact) mass is 230 g/mol. The van der Waals surface area contributed by atoms with Crippen molar-refractivity contribution in [3.8, 4) is 5.75 Å². The minimum Gasteiger partial charge on any atom is -0.505 e. The highest BCUT2D eigenvalue weighted by Gasteiger charge is 2.12. The second-order valence-electron chi connectivity index (χ2n) is 5.34. The third-order valence-electron chi connectivity index (χ3n) is 2.78. The summed E-state index contributed by atoms with van der Waals surface area (Å²) in [5.74, 6) is 0.205. The van der Waals surface area contributed by atoms with Gasteiger partial charge in [0.15, 0.2) is 5.75 Å². The molecule has 3 nitrogen and oxygen atoms in total. The Hall–Kier alpha value is -1.77. The lowest BCUT2D eigenvalue weighted by molar-refractivity contribution is 0.474. The lowest BCUT2D eigenvalue weighted by Gasteiger charge is -2.19. The zero-order chi connectivity index (χ0) is 12.5. The summed E-state index contributed by atoms with van der Waals surface area (Å²) in [6.45, 7) is 7.29. The Kier molecular flexibility index (Phi) is 2.92. The van der Waals surface area contributed by atoms with Crippen LogP contribution in [-0.4, -0.2) is 14.9 Å². The fraction of sp³-hybridized carbons (Fsp3) is 0.357. The van der Waals surface area contributed by atoms with Crippen molar-refractivity contribution in [2.24, 2.45) is 0 Å². The van der Waals surface area contributed by atoms with Gasteiger partial charge in [0.25, 0.3) is 0 Å². The number of hydrogen-bond acceptors (Lipinski definition) is 2. The molecule has 0 radical (unpaired) electrons. The molecule has 0 fully saturated rings. The summed E-state index contributed by atoms with van der Waals surface area (Å²) in [4.78, 5) is 0. The topological polar surface area (TPSA) is 38.0 Å². The third kappa shape index (κ3) is 2.87. The molecule has 0 unspecified atom stereocenters. The highest BCUT2D eigenvalue weighted by molar-refractivity contribution is 5.27. The second-order valence-corrected chi connectivity index (χ2v) is 5.34. The number of benzene rings is 1. The van der Waals surface area contributed by atoms with E-state index in [9.17, 15) is 5.11 Å². The van der Waals surface area contributed by atoms with Crippen molar-refractivity contribution in [3.05, 3.63) is 47.8 Å². The smallest absolute Gasteiger partial charge is 0.153 e. The Morgan fingerprint density at radius 1 is 1.18 bits per heavy atom. The summed E-state index contributed by atoms with van der Waals surface area (Å²) in [6.07, 6.45) is 3.07. The van der Waals surface area contributed by atoms with Crippen LogP contribution in [0.15, 0.2) is 36.7 Å². The summed E-state index contributed by atoms with van der Waals surface area (Å²) < 4.78 is 1.72. The van der Waals surface area contributed by atoms with E-state index in [0.29, 0.717) is 6.54 Å². The van der Waals surface area contributed by atoms with Gasteiger partial charge in [-0.2, -0.15) is 5.10 Å². The highest BCUT2D eigenvalue weighted by atomic mass is 16.3. The number of rotatable bonds is 2. The first kappa shape index (κ1) is 11.7. The van der Waals surface area contributed by atoms with Gasteiger partial charge in [-0.25, -0.2) is 0 Å². The molecule has 2 aromatic rings. The zero-order valence-electron chi connectivity index (χ0n) is 10.5. The van der Waals surface area contributed by atoms with Gasteiger partial charge in [0.05, 0.1) is 18.9 Å². The lowest BCUT2D eigenvalue weighted by atomic mass is 9.87. The van der Waals surface area contributed by atoms with E-state index < -0.39 is 0 Å². The molecule has 17 heavy (non-hydrogen) atoms. The molecule has 0 saturated carbocycles. The van der Waals surface area contributed by atoms with E-state index in [4.69, 9.17) is 0 Å². The van der Waals surface area contributed by atoms with Crippen LogP contribution in [0, 0.1) is 0 Å². The predicted octanol–water partition coefficient (Wildman–Crippen LogP) is 2.93. The number of aromatic nitrogens is 2. The predicted molar refractivity (Wildman–Crippen MR) is 68.1 cm³/mol. The molecule has 2 rings (SSSR count). The first-order valence-electron chi connectivity index (χ1n) is 5.76. The molecule has 0 bridgehead atoms. The Morgan fingerprint density at radius 3 is 2.29 bits per heavy atom. The summed E-state index contributed by atoms with van der Waals surface area (Å²) in [5.41, 5.74) is 2.69. The Balaban J connectivity index is 2.13. The van der Waals surface area contributed by atoms with Crippen LogP contribution in [0.1, 0.15) is 31.9 Å². The molecule has 0 saturated heterocycles. The van der Waals surface area contributed by atoms with Gasteiger partial charge >= 0.3 is 0 Å². The minimum absolute atomic E-state index is 0.183. The van der Waals surface area contributed by atoms with Gasteiger partial charge in [-0.15, -0.1) is 0 Å². The Morgan fingerprint density at radius 2 is 1.82 bits per heavy atom. The number of aromatic hydroxyl groups is 1. The quantitative estimate of drug-likeness (QED) is 0.861. The van der Waals surface area contributed by atoms with Crippen molar-refractivity contribution < 1.29 is 5.11 Å². The van der Waals surface area contributed by atoms with Crippen LogP contribution >= 0.6 is 0 Å². The summed E-state index contributed by atoms with van der Waals surface area (Å²) in [6, 6.07) is 8.52. The summed E-state index contributed by atoms with van der Waals surface area (Å²) in [5, 5.41) is 13.2. The first-order valence-corrected chi connectivity index (χ1v) is 5.76. The van der Waals surface area contributed by atoms with Crippen LogP contribution < -0.4 is 0 Å². The molecular weight excluding hydrogens is 212 g/mol. The van der Waals surface area contributed by atoms with E-state index in [1.807, 2.05) is 0 Å². The molecule has 0 spiro atoms. The van der Waals surface area contributed by atoms with Crippen molar-refractivity contribution >= 4 is 0 Å². The molecule has 0 amide bonds. The average molecular weight is 230 g/mol. The van der Waals surface area contributed by atoms with Gasteiger partial charge in [0.2, 0.25) is 0 Å². The van der Waals surface area contributed by atoms with Gasteiger partial charge < -0.3 is 5.11 Å². The molecule has 90 valence electrons. The maximum absolute atomic E-state index is 9.20. The van der Waals surface area contributed by atoms with E-state index in [2.05, 4.69) is 50.1 Å². The van der Waals surface area contributed by atoms with Crippen LogP contribution in [0.4, 0.5) is 0 Å². The third-order valence-corrected chi connectivity index (χ3v) is 2.78. The molecule has 0 aliphatic heterocycles. The molecule has 1 N–H and O–H groups in total. The molecule has 3 heteroatoms. The molecular formula is C14H18N2O. The van der Waals surface area contributed by atoms with Crippen LogP contribution in [-0.2, 0) is 12.0 Å². The average Bonchev–Trinajstić information content (AvgIpc) is 2.63. The maximum Gasteiger partial charge on any atom is 0.153 e. The minimum atomic E-state index is 0.183. The lowest BCUT2D eigenvalue weighted by Crippen LogP contribution is -2.11. The van der Waals surface area contributed by atoms with Crippen molar-refractivity contribution in [2.45, 2.75) is 32.7 Å². The van der Waals surface area contributed by atoms with Gasteiger partial charge in [0, 0.05) is 0 Å². The van der Waals surface area contributed by atoms with E-state index in [1.165, 1.54) is 17.3 Å². The largest absolute Gasteiger partial charge is 0.505 e. The van der Waals surface area contributed by atoms with Crippen molar-refractivity contribution in [3.63, 3.8) is 0 Å². The number of hydrogen-bond donors (Lipinski definition) is 1. The van der Waals surface area contributed by atoms with Crippen molar-refractivity contribution in [1.82, 2.24) is 9.78 Å². The zero-order valence-corrected chi connectivity index (χ0v) is 10.5. The van der Waals surface area contributed by atoms with Crippen LogP contribution in [0.5, 0.6) is 5.75 Å². The van der Waals surface area contributed by atoms with Crippen LogP contribution in [0.2, 0.25) is 0 Å². The van der Waals surface area contributed by atoms with E-state index >= 15 is 0 Å². The molecule has 1 aromatic carbocycles.